The van der Waals surface area contributed by atoms with Gasteiger partial charge in [0.25, 0.3) is 0 Å². The molecule has 7 nitrogen and oxygen atoms in total. The second kappa shape index (κ2) is 9.24. The first kappa shape index (κ1) is 23.7. The van der Waals surface area contributed by atoms with Crippen LogP contribution in [0.4, 0.5) is 0 Å². The van der Waals surface area contributed by atoms with Crippen molar-refractivity contribution in [3.8, 4) is 5.75 Å². The monoisotopic (exact) mass is 518 g/mol. The summed E-state index contributed by atoms with van der Waals surface area (Å²) in [7, 11) is 1.66. The zero-order valence-electron chi connectivity index (χ0n) is 18.3. The summed E-state index contributed by atoms with van der Waals surface area (Å²) in [4.78, 5) is 11.5. The number of likely N-dealkylation sites (tertiary alicyclic amines) is 1. The van der Waals surface area contributed by atoms with Crippen LogP contribution in [0.3, 0.4) is 0 Å². The largest absolute Gasteiger partial charge is 0.495 e. The lowest BCUT2D eigenvalue weighted by atomic mass is 10.0. The molecule has 0 radical (unpaired) electrons. The minimum atomic E-state index is -0.225. The van der Waals surface area contributed by atoms with Crippen molar-refractivity contribution in [1.29, 1.82) is 0 Å². The first-order valence-corrected chi connectivity index (χ1v) is 12.5. The molecule has 3 unspecified atom stereocenters. The summed E-state index contributed by atoms with van der Waals surface area (Å²) in [5.41, 5.74) is 8.94. The number of nitrogens with one attached hydrogen (secondary N) is 1. The SMILES string of the molecule is COc1c(Br)cnc(CN2CC(CO[S+](C)C(C)(C)C)C3=C(Cl)NC(N)=NC32)c1C. The molecule has 3 heterocycles. The Balaban J connectivity index is 1.85. The minimum Gasteiger partial charge on any atom is -0.495 e. The Morgan fingerprint density at radius 1 is 1.43 bits per heavy atom. The summed E-state index contributed by atoms with van der Waals surface area (Å²) in [6.45, 7) is 10.5. The number of hydrogen-bond acceptors (Lipinski definition) is 7. The van der Waals surface area contributed by atoms with Crippen molar-refractivity contribution in [2.24, 2.45) is 16.6 Å². The summed E-state index contributed by atoms with van der Waals surface area (Å²) >= 11 is 9.89. The highest BCUT2D eigenvalue weighted by molar-refractivity contribution is 9.10. The number of fused-ring (bicyclic) bond motifs is 1. The van der Waals surface area contributed by atoms with E-state index in [1.54, 1.807) is 13.3 Å². The van der Waals surface area contributed by atoms with E-state index in [1.807, 2.05) is 6.92 Å². The number of nitrogens with zero attached hydrogens (tertiary/aromatic N) is 3. The second-order valence-corrected chi connectivity index (χ2v) is 12.1. The smallest absolute Gasteiger partial charge is 0.195 e. The predicted molar refractivity (Wildman–Crippen MR) is 128 cm³/mol. The molecule has 3 atom stereocenters. The summed E-state index contributed by atoms with van der Waals surface area (Å²) in [5, 5.41) is 3.52. The topological polar surface area (TPSA) is 85.0 Å². The van der Waals surface area contributed by atoms with Gasteiger partial charge >= 0.3 is 0 Å². The maximum Gasteiger partial charge on any atom is 0.195 e. The van der Waals surface area contributed by atoms with Crippen LogP contribution in [0.25, 0.3) is 0 Å². The van der Waals surface area contributed by atoms with Crippen molar-refractivity contribution < 1.29 is 8.92 Å². The van der Waals surface area contributed by atoms with Crippen LogP contribution in [0.2, 0.25) is 0 Å². The fourth-order valence-corrected chi connectivity index (χ4v) is 5.17. The van der Waals surface area contributed by atoms with Crippen molar-refractivity contribution in [3.63, 3.8) is 0 Å². The van der Waals surface area contributed by atoms with Crippen LogP contribution >= 0.6 is 27.5 Å². The molecule has 0 aliphatic carbocycles. The van der Waals surface area contributed by atoms with Crippen LogP contribution in [0.5, 0.6) is 5.75 Å². The Bertz CT molecular complexity index is 873. The van der Waals surface area contributed by atoms with E-state index in [-0.39, 0.29) is 28.0 Å². The van der Waals surface area contributed by atoms with Gasteiger partial charge in [-0.25, -0.2) is 4.99 Å². The summed E-state index contributed by atoms with van der Waals surface area (Å²) < 4.78 is 12.7. The third-order valence-electron chi connectivity index (χ3n) is 5.46. The van der Waals surface area contributed by atoms with Crippen molar-refractivity contribution >= 4 is 44.7 Å². The summed E-state index contributed by atoms with van der Waals surface area (Å²) in [6.07, 6.45) is 3.68. The fourth-order valence-electron chi connectivity index (χ4n) is 3.54. The molecule has 166 valence electrons. The molecule has 2 aliphatic heterocycles. The van der Waals surface area contributed by atoms with E-state index in [0.29, 0.717) is 24.3 Å². The zero-order valence-corrected chi connectivity index (χ0v) is 21.4. The van der Waals surface area contributed by atoms with Crippen LogP contribution in [-0.2, 0) is 21.9 Å². The van der Waals surface area contributed by atoms with Crippen molar-refractivity contribution in [2.45, 2.75) is 45.2 Å². The Kier molecular flexibility index (Phi) is 7.29. The van der Waals surface area contributed by atoms with Crippen LogP contribution in [0, 0.1) is 12.8 Å². The van der Waals surface area contributed by atoms with Crippen molar-refractivity contribution in [3.05, 3.63) is 32.7 Å². The van der Waals surface area contributed by atoms with Crippen LogP contribution < -0.4 is 15.8 Å². The third-order valence-corrected chi connectivity index (χ3v) is 8.55. The van der Waals surface area contributed by atoms with Gasteiger partial charge in [0.1, 0.15) is 41.1 Å². The maximum atomic E-state index is 6.57. The van der Waals surface area contributed by atoms with Gasteiger partial charge in [0.05, 0.1) is 17.3 Å². The van der Waals surface area contributed by atoms with Crippen molar-refractivity contribution in [2.75, 3.05) is 26.5 Å². The fraction of sp³-hybridized carbons (Fsp3) is 0.600. The molecule has 1 aromatic rings. The van der Waals surface area contributed by atoms with Gasteiger partial charge in [-0.05, 0) is 43.6 Å². The predicted octanol–water partition coefficient (Wildman–Crippen LogP) is 3.27. The van der Waals surface area contributed by atoms with Crippen LogP contribution in [0.15, 0.2) is 26.4 Å². The Morgan fingerprint density at radius 3 is 2.77 bits per heavy atom. The van der Waals surface area contributed by atoms with Gasteiger partial charge in [-0.3, -0.25) is 9.88 Å². The van der Waals surface area contributed by atoms with E-state index < -0.39 is 0 Å². The second-order valence-electron chi connectivity index (χ2n) is 8.47. The molecule has 1 fully saturated rings. The average molecular weight is 520 g/mol. The quantitative estimate of drug-likeness (QED) is 0.443. The van der Waals surface area contributed by atoms with Gasteiger partial charge < -0.3 is 15.8 Å². The zero-order chi connectivity index (χ0) is 22.2. The molecule has 0 amide bonds. The molecule has 10 heteroatoms. The van der Waals surface area contributed by atoms with Gasteiger partial charge in [-0.1, -0.05) is 11.6 Å². The van der Waals surface area contributed by atoms with E-state index in [9.17, 15) is 0 Å². The molecule has 0 saturated carbocycles. The highest BCUT2D eigenvalue weighted by atomic mass is 79.9. The number of hydrogen-bond donors (Lipinski definition) is 2. The normalized spacial score (nSPS) is 23.1. The number of pyridine rings is 1. The number of aromatic nitrogens is 1. The van der Waals surface area contributed by atoms with Gasteiger partial charge in [0, 0.05) is 36.3 Å². The summed E-state index contributed by atoms with van der Waals surface area (Å²) in [6, 6.07) is 0. The number of aliphatic imine (C=N–C) groups is 1. The van der Waals surface area contributed by atoms with E-state index in [2.05, 4.69) is 63.2 Å². The molecule has 0 spiro atoms. The van der Waals surface area contributed by atoms with Crippen LogP contribution in [0.1, 0.15) is 32.0 Å². The highest BCUT2D eigenvalue weighted by Crippen LogP contribution is 2.38. The van der Waals surface area contributed by atoms with E-state index in [4.69, 9.17) is 26.3 Å². The lowest BCUT2D eigenvalue weighted by Gasteiger charge is -2.26. The Labute approximate surface area is 195 Å². The van der Waals surface area contributed by atoms with E-state index in [1.165, 1.54) is 0 Å². The third kappa shape index (κ3) is 4.91. The molecule has 1 saturated heterocycles. The molecule has 3 rings (SSSR count). The molecule has 3 N–H and O–H groups in total. The number of halogens is 2. The van der Waals surface area contributed by atoms with E-state index >= 15 is 0 Å². The Morgan fingerprint density at radius 2 is 2.13 bits per heavy atom. The maximum absolute atomic E-state index is 6.57. The Hall–Kier alpha value is -1.00. The number of nitrogens with two attached hydrogens (primary N) is 1. The molecule has 2 aliphatic rings. The molecular formula is C20H30BrClN5O2S+. The number of methoxy groups -OCH3 is 1. The van der Waals surface area contributed by atoms with Gasteiger partial charge in [-0.2, -0.15) is 4.18 Å². The first-order chi connectivity index (χ1) is 14.0. The number of guanidine groups is 1. The lowest BCUT2D eigenvalue weighted by Crippen LogP contribution is -2.40. The molecule has 0 bridgehead atoms. The first-order valence-electron chi connectivity index (χ1n) is 9.74. The highest BCUT2D eigenvalue weighted by Gasteiger charge is 2.43. The lowest BCUT2D eigenvalue weighted by molar-refractivity contribution is 0.231. The molecule has 0 aromatic carbocycles. The van der Waals surface area contributed by atoms with Gasteiger partial charge in [-0.15, -0.1) is 0 Å². The molecule has 1 aromatic heterocycles. The average Bonchev–Trinajstić information content (AvgIpc) is 2.99. The van der Waals surface area contributed by atoms with E-state index in [0.717, 1.165) is 33.6 Å². The number of ether oxygens (including phenoxy) is 1. The minimum absolute atomic E-state index is 0.0955. The molecule has 30 heavy (non-hydrogen) atoms. The summed E-state index contributed by atoms with van der Waals surface area (Å²) in [5.74, 6) is 1.24. The van der Waals surface area contributed by atoms with Gasteiger partial charge in [0.2, 0.25) is 0 Å². The number of rotatable bonds is 6. The molecular weight excluding hydrogens is 490 g/mol. The van der Waals surface area contributed by atoms with Gasteiger partial charge in [0.15, 0.2) is 10.7 Å². The standard InChI is InChI=1S/C20H30BrClN5O2S/c1-11-14(24-7-13(21)16(11)28-5)9-27-8-12(10-29-30(6)20(2,3)4)15-17(22)25-19(23)26-18(15)27/h7,12,18H,8-10H2,1-6H3,(H3,23,25,26)/q+1. The van der Waals surface area contributed by atoms with Crippen molar-refractivity contribution in [1.82, 2.24) is 15.2 Å². The van der Waals surface area contributed by atoms with Crippen LogP contribution in [-0.4, -0.2) is 53.3 Å².